The van der Waals surface area contributed by atoms with Gasteiger partial charge in [0.15, 0.2) is 0 Å². The molecule has 1 aliphatic rings. The molecule has 0 spiro atoms. The number of ether oxygens (including phenoxy) is 1. The van der Waals surface area contributed by atoms with Gasteiger partial charge in [-0.25, -0.2) is 4.98 Å². The van der Waals surface area contributed by atoms with Gasteiger partial charge in [-0.2, -0.15) is 4.98 Å². The lowest BCUT2D eigenvalue weighted by molar-refractivity contribution is 0.305. The monoisotopic (exact) mass is 249 g/mol. The van der Waals surface area contributed by atoms with Crippen LogP contribution < -0.4 is 10.1 Å². The van der Waals surface area contributed by atoms with Crippen molar-refractivity contribution in [3.05, 3.63) is 12.3 Å². The van der Waals surface area contributed by atoms with E-state index in [9.17, 15) is 0 Å². The fourth-order valence-electron chi connectivity index (χ4n) is 1.96. The van der Waals surface area contributed by atoms with Crippen molar-refractivity contribution in [1.82, 2.24) is 9.97 Å². The molecule has 4 heteroatoms. The maximum Gasteiger partial charge on any atom is 0.226 e. The van der Waals surface area contributed by atoms with E-state index in [0.717, 1.165) is 18.8 Å². The Bertz CT molecular complexity index is 366. The van der Waals surface area contributed by atoms with Crippen LogP contribution in [0.1, 0.15) is 46.0 Å². The number of aromatic nitrogens is 2. The number of hydrogen-bond donors (Lipinski definition) is 1. The van der Waals surface area contributed by atoms with E-state index in [-0.39, 0.29) is 0 Å². The van der Waals surface area contributed by atoms with Gasteiger partial charge in [-0.05, 0) is 25.2 Å². The molecule has 0 aromatic carbocycles. The lowest BCUT2D eigenvalue weighted by Crippen LogP contribution is -2.20. The van der Waals surface area contributed by atoms with E-state index < -0.39 is 0 Å². The molecule has 1 atom stereocenters. The fourth-order valence-corrected chi connectivity index (χ4v) is 1.96. The summed E-state index contributed by atoms with van der Waals surface area (Å²) < 4.78 is 5.51. The van der Waals surface area contributed by atoms with Gasteiger partial charge in [0.1, 0.15) is 0 Å². The molecule has 1 unspecified atom stereocenters. The number of nitrogens with one attached hydrogen (secondary N) is 1. The number of nitrogens with zero attached hydrogens (tertiary/aromatic N) is 2. The van der Waals surface area contributed by atoms with Crippen LogP contribution in [0.4, 0.5) is 5.95 Å². The molecule has 1 N–H and O–H groups in total. The second-order valence-electron chi connectivity index (χ2n) is 5.00. The van der Waals surface area contributed by atoms with Gasteiger partial charge < -0.3 is 10.1 Å². The van der Waals surface area contributed by atoms with Crippen LogP contribution >= 0.6 is 0 Å². The molecule has 0 radical (unpaired) electrons. The zero-order chi connectivity index (χ0) is 12.8. The molecule has 1 heterocycles. The molecular weight excluding hydrogens is 226 g/mol. The first-order valence-electron chi connectivity index (χ1n) is 7.04. The van der Waals surface area contributed by atoms with Gasteiger partial charge in [0.25, 0.3) is 0 Å². The molecule has 1 aliphatic carbocycles. The Morgan fingerprint density at radius 3 is 2.94 bits per heavy atom. The molecule has 2 rings (SSSR count). The van der Waals surface area contributed by atoms with Crippen molar-refractivity contribution in [3.63, 3.8) is 0 Å². The van der Waals surface area contributed by atoms with Crippen LogP contribution in [0.3, 0.4) is 0 Å². The summed E-state index contributed by atoms with van der Waals surface area (Å²) in [5.74, 6) is 2.27. The Morgan fingerprint density at radius 2 is 2.28 bits per heavy atom. The highest BCUT2D eigenvalue weighted by Crippen LogP contribution is 2.34. The van der Waals surface area contributed by atoms with Crippen molar-refractivity contribution in [2.75, 3.05) is 11.9 Å². The lowest BCUT2D eigenvalue weighted by atomic mass is 10.1. The van der Waals surface area contributed by atoms with Crippen LogP contribution in [0.25, 0.3) is 0 Å². The van der Waals surface area contributed by atoms with Crippen molar-refractivity contribution in [2.24, 2.45) is 5.92 Å². The zero-order valence-corrected chi connectivity index (χ0v) is 11.4. The zero-order valence-electron chi connectivity index (χ0n) is 11.4. The molecule has 1 fully saturated rings. The first kappa shape index (κ1) is 13.1. The molecule has 0 amide bonds. The minimum Gasteiger partial charge on any atom is -0.478 e. The van der Waals surface area contributed by atoms with Crippen LogP contribution in [-0.4, -0.2) is 22.6 Å². The van der Waals surface area contributed by atoms with Crippen LogP contribution in [-0.2, 0) is 0 Å². The van der Waals surface area contributed by atoms with Crippen LogP contribution in [0, 0.1) is 5.92 Å². The van der Waals surface area contributed by atoms with Crippen molar-refractivity contribution < 1.29 is 4.74 Å². The minimum atomic E-state index is 0.485. The van der Waals surface area contributed by atoms with Gasteiger partial charge in [0, 0.05) is 18.3 Å². The summed E-state index contributed by atoms with van der Waals surface area (Å²) in [5.41, 5.74) is 0. The fraction of sp³-hybridized carbons (Fsp3) is 0.714. The van der Waals surface area contributed by atoms with E-state index in [1.807, 2.05) is 6.07 Å². The third-order valence-corrected chi connectivity index (χ3v) is 3.22. The van der Waals surface area contributed by atoms with Gasteiger partial charge in [-0.1, -0.05) is 26.7 Å². The maximum atomic E-state index is 5.51. The highest BCUT2D eigenvalue weighted by molar-refractivity contribution is 5.28. The number of anilines is 1. The molecule has 4 nitrogen and oxygen atoms in total. The van der Waals surface area contributed by atoms with E-state index in [0.29, 0.717) is 24.5 Å². The smallest absolute Gasteiger partial charge is 0.226 e. The Morgan fingerprint density at radius 1 is 1.44 bits per heavy atom. The van der Waals surface area contributed by atoms with Gasteiger partial charge in [-0.3, -0.25) is 0 Å². The van der Waals surface area contributed by atoms with E-state index in [2.05, 4.69) is 29.1 Å². The lowest BCUT2D eigenvalue weighted by Gasteiger charge is -2.16. The van der Waals surface area contributed by atoms with Crippen molar-refractivity contribution >= 4 is 5.95 Å². The average Bonchev–Trinajstić information content (AvgIpc) is 3.20. The largest absolute Gasteiger partial charge is 0.478 e. The van der Waals surface area contributed by atoms with Crippen LogP contribution in [0.15, 0.2) is 12.3 Å². The van der Waals surface area contributed by atoms with E-state index in [1.165, 1.54) is 19.3 Å². The molecule has 18 heavy (non-hydrogen) atoms. The number of hydrogen-bond acceptors (Lipinski definition) is 4. The normalized spacial score (nSPS) is 16.3. The molecule has 1 saturated carbocycles. The second kappa shape index (κ2) is 6.57. The SMILES string of the molecule is CCCOc1ccnc(NC(CC)CC2CC2)n1. The maximum absolute atomic E-state index is 5.51. The topological polar surface area (TPSA) is 47.0 Å². The Labute approximate surface area is 109 Å². The summed E-state index contributed by atoms with van der Waals surface area (Å²) in [6.45, 7) is 5.00. The number of rotatable bonds is 8. The third-order valence-electron chi connectivity index (χ3n) is 3.22. The highest BCUT2D eigenvalue weighted by atomic mass is 16.5. The minimum absolute atomic E-state index is 0.485. The Hall–Kier alpha value is -1.32. The van der Waals surface area contributed by atoms with Crippen molar-refractivity contribution in [3.8, 4) is 5.88 Å². The van der Waals surface area contributed by atoms with Crippen LogP contribution in [0.2, 0.25) is 0 Å². The second-order valence-corrected chi connectivity index (χ2v) is 5.00. The quantitative estimate of drug-likeness (QED) is 0.768. The molecule has 1 aromatic rings. The summed E-state index contributed by atoms with van der Waals surface area (Å²) in [7, 11) is 0. The van der Waals surface area contributed by atoms with Crippen molar-refractivity contribution in [1.29, 1.82) is 0 Å². The average molecular weight is 249 g/mol. The summed E-state index contributed by atoms with van der Waals surface area (Å²) >= 11 is 0. The summed E-state index contributed by atoms with van der Waals surface area (Å²) in [6, 6.07) is 2.29. The predicted molar refractivity (Wildman–Crippen MR) is 72.9 cm³/mol. The van der Waals surface area contributed by atoms with Crippen molar-refractivity contribution in [2.45, 2.75) is 52.0 Å². The summed E-state index contributed by atoms with van der Waals surface area (Å²) in [5, 5.41) is 3.41. The molecule has 0 aliphatic heterocycles. The molecule has 0 saturated heterocycles. The standard InChI is InChI=1S/C14H23N3O/c1-3-9-18-13-7-8-15-14(17-13)16-12(4-2)10-11-5-6-11/h7-8,11-12H,3-6,9-10H2,1-2H3,(H,15,16,17). The molecule has 0 bridgehead atoms. The Kier molecular flexibility index (Phi) is 4.79. The van der Waals surface area contributed by atoms with Gasteiger partial charge in [-0.15, -0.1) is 0 Å². The summed E-state index contributed by atoms with van der Waals surface area (Å²) in [6.07, 6.45) is 7.87. The molecular formula is C14H23N3O. The van der Waals surface area contributed by atoms with Gasteiger partial charge >= 0.3 is 0 Å². The predicted octanol–water partition coefficient (Wildman–Crippen LogP) is 3.26. The summed E-state index contributed by atoms with van der Waals surface area (Å²) in [4.78, 5) is 8.64. The Balaban J connectivity index is 1.89. The first-order valence-corrected chi connectivity index (χ1v) is 7.04. The highest BCUT2D eigenvalue weighted by Gasteiger charge is 2.24. The molecule has 100 valence electrons. The van der Waals surface area contributed by atoms with Crippen LogP contribution in [0.5, 0.6) is 5.88 Å². The molecule has 1 aromatic heterocycles. The van der Waals surface area contributed by atoms with Gasteiger partial charge in [0.05, 0.1) is 6.61 Å². The van der Waals surface area contributed by atoms with E-state index in [4.69, 9.17) is 4.74 Å². The van der Waals surface area contributed by atoms with E-state index >= 15 is 0 Å². The first-order chi connectivity index (χ1) is 8.81. The third kappa shape index (κ3) is 4.17. The van der Waals surface area contributed by atoms with Gasteiger partial charge in [0.2, 0.25) is 11.8 Å². The van der Waals surface area contributed by atoms with E-state index in [1.54, 1.807) is 6.20 Å².